The molecule has 1 unspecified atom stereocenters. The number of amides is 1. The van der Waals surface area contributed by atoms with Gasteiger partial charge in [0.15, 0.2) is 5.84 Å². The van der Waals surface area contributed by atoms with Crippen molar-refractivity contribution in [1.82, 2.24) is 10.6 Å². The molecule has 1 amide bonds. The lowest BCUT2D eigenvalue weighted by Crippen LogP contribution is -2.44. The minimum absolute atomic E-state index is 0.0471. The van der Waals surface area contributed by atoms with Gasteiger partial charge in [0.05, 0.1) is 12.6 Å². The van der Waals surface area contributed by atoms with Crippen molar-refractivity contribution < 1.29 is 10.0 Å². The summed E-state index contributed by atoms with van der Waals surface area (Å²) in [5.41, 5.74) is 6.41. The molecule has 1 rings (SSSR count). The summed E-state index contributed by atoms with van der Waals surface area (Å²) < 4.78 is 0. The number of benzene rings is 1. The maximum Gasteiger partial charge on any atom is 0.234 e. The van der Waals surface area contributed by atoms with Gasteiger partial charge < -0.3 is 16.3 Å². The fraction of sp³-hybridized carbons (Fsp3) is 0.333. The average Bonchev–Trinajstić information content (AvgIpc) is 2.42. The number of nitrogens with two attached hydrogens (primary N) is 1. The molecule has 18 heavy (non-hydrogen) atoms. The molecule has 1 atom stereocenters. The van der Waals surface area contributed by atoms with Crippen LogP contribution in [0.1, 0.15) is 12.5 Å². The second kappa shape index (κ2) is 7.29. The molecule has 98 valence electrons. The van der Waals surface area contributed by atoms with Crippen LogP contribution in [0.5, 0.6) is 0 Å². The van der Waals surface area contributed by atoms with Gasteiger partial charge in [0.2, 0.25) is 5.91 Å². The second-order valence-electron chi connectivity index (χ2n) is 3.89. The smallest absolute Gasteiger partial charge is 0.234 e. The molecule has 0 saturated carbocycles. The van der Waals surface area contributed by atoms with Crippen molar-refractivity contribution in [2.24, 2.45) is 10.9 Å². The Hall–Kier alpha value is -2.08. The SMILES string of the molecule is CC(NCC(=O)NCc1ccccc1)C(N)=NO. The molecular formula is C12H18N4O2. The van der Waals surface area contributed by atoms with Crippen molar-refractivity contribution in [3.05, 3.63) is 35.9 Å². The second-order valence-corrected chi connectivity index (χ2v) is 3.89. The van der Waals surface area contributed by atoms with E-state index in [4.69, 9.17) is 10.9 Å². The Morgan fingerprint density at radius 3 is 2.72 bits per heavy atom. The Morgan fingerprint density at radius 2 is 2.11 bits per heavy atom. The Bertz CT molecular complexity index is 406. The number of carbonyl (C=O) groups is 1. The summed E-state index contributed by atoms with van der Waals surface area (Å²) in [6, 6.07) is 9.28. The lowest BCUT2D eigenvalue weighted by molar-refractivity contribution is -0.120. The van der Waals surface area contributed by atoms with E-state index in [9.17, 15) is 4.79 Å². The van der Waals surface area contributed by atoms with E-state index in [1.54, 1.807) is 6.92 Å². The van der Waals surface area contributed by atoms with Gasteiger partial charge in [-0.2, -0.15) is 0 Å². The summed E-state index contributed by atoms with van der Waals surface area (Å²) in [7, 11) is 0. The summed E-state index contributed by atoms with van der Waals surface area (Å²) in [4.78, 5) is 11.5. The van der Waals surface area contributed by atoms with Crippen LogP contribution >= 0.6 is 0 Å². The molecule has 0 radical (unpaired) electrons. The van der Waals surface area contributed by atoms with Crippen LogP contribution in [0.25, 0.3) is 0 Å². The largest absolute Gasteiger partial charge is 0.409 e. The highest BCUT2D eigenvalue weighted by molar-refractivity contribution is 5.86. The van der Waals surface area contributed by atoms with E-state index < -0.39 is 0 Å². The number of rotatable bonds is 6. The molecule has 6 heteroatoms. The number of hydrogen-bond donors (Lipinski definition) is 4. The number of amidine groups is 1. The number of nitrogens with one attached hydrogen (secondary N) is 2. The van der Waals surface area contributed by atoms with Crippen molar-refractivity contribution in [3.8, 4) is 0 Å². The van der Waals surface area contributed by atoms with Crippen molar-refractivity contribution in [1.29, 1.82) is 0 Å². The molecule has 0 fully saturated rings. The molecular weight excluding hydrogens is 232 g/mol. The van der Waals surface area contributed by atoms with Crippen LogP contribution in [0.3, 0.4) is 0 Å². The van der Waals surface area contributed by atoms with Crippen molar-refractivity contribution in [2.75, 3.05) is 6.54 Å². The molecule has 0 aliphatic heterocycles. The fourth-order valence-corrected chi connectivity index (χ4v) is 1.30. The van der Waals surface area contributed by atoms with Crippen LogP contribution < -0.4 is 16.4 Å². The highest BCUT2D eigenvalue weighted by atomic mass is 16.4. The molecule has 0 aliphatic carbocycles. The highest BCUT2D eigenvalue weighted by Gasteiger charge is 2.08. The summed E-state index contributed by atoms with van der Waals surface area (Å²) in [5, 5.41) is 16.9. The predicted octanol–water partition coefficient (Wildman–Crippen LogP) is 0.0273. The lowest BCUT2D eigenvalue weighted by Gasteiger charge is -2.12. The Labute approximate surface area is 106 Å². The first kappa shape index (κ1) is 14.0. The van der Waals surface area contributed by atoms with E-state index in [0.29, 0.717) is 6.54 Å². The summed E-state index contributed by atoms with van der Waals surface area (Å²) in [5.74, 6) is -0.0951. The number of nitrogens with zero attached hydrogens (tertiary/aromatic N) is 1. The Morgan fingerprint density at radius 1 is 1.44 bits per heavy atom. The third kappa shape index (κ3) is 4.84. The minimum Gasteiger partial charge on any atom is -0.409 e. The molecule has 0 spiro atoms. The number of oxime groups is 1. The molecule has 1 aromatic rings. The number of carbonyl (C=O) groups excluding carboxylic acids is 1. The zero-order valence-electron chi connectivity index (χ0n) is 10.3. The third-order valence-corrected chi connectivity index (χ3v) is 2.46. The minimum atomic E-state index is -0.350. The van der Waals surface area contributed by atoms with Crippen LogP contribution in [0.4, 0.5) is 0 Å². The molecule has 6 nitrogen and oxygen atoms in total. The van der Waals surface area contributed by atoms with Crippen LogP contribution in [0.2, 0.25) is 0 Å². The van der Waals surface area contributed by atoms with Gasteiger partial charge in [-0.1, -0.05) is 35.5 Å². The van der Waals surface area contributed by atoms with Gasteiger partial charge in [-0.15, -0.1) is 0 Å². The zero-order valence-corrected chi connectivity index (χ0v) is 10.3. The van der Waals surface area contributed by atoms with Gasteiger partial charge in [-0.05, 0) is 12.5 Å². The van der Waals surface area contributed by atoms with Gasteiger partial charge in [-0.25, -0.2) is 0 Å². The average molecular weight is 250 g/mol. The molecule has 1 aromatic carbocycles. The molecule has 0 saturated heterocycles. The van der Waals surface area contributed by atoms with Crippen molar-refractivity contribution >= 4 is 11.7 Å². The molecule has 0 heterocycles. The predicted molar refractivity (Wildman–Crippen MR) is 69.2 cm³/mol. The van der Waals surface area contributed by atoms with E-state index in [1.165, 1.54) is 0 Å². The first-order valence-corrected chi connectivity index (χ1v) is 5.65. The molecule has 0 aromatic heterocycles. The fourth-order valence-electron chi connectivity index (χ4n) is 1.30. The summed E-state index contributed by atoms with van der Waals surface area (Å²) >= 11 is 0. The number of hydrogen-bond acceptors (Lipinski definition) is 4. The zero-order chi connectivity index (χ0) is 13.4. The molecule has 0 bridgehead atoms. The summed E-state index contributed by atoms with van der Waals surface area (Å²) in [6.07, 6.45) is 0. The van der Waals surface area contributed by atoms with Gasteiger partial charge >= 0.3 is 0 Å². The normalized spacial score (nSPS) is 13.1. The highest BCUT2D eigenvalue weighted by Crippen LogP contribution is 1.96. The quantitative estimate of drug-likeness (QED) is 0.248. The first-order chi connectivity index (χ1) is 8.63. The topological polar surface area (TPSA) is 99.7 Å². The Balaban J connectivity index is 2.26. The molecule has 0 aliphatic rings. The van der Waals surface area contributed by atoms with Crippen LogP contribution in [0.15, 0.2) is 35.5 Å². The van der Waals surface area contributed by atoms with E-state index in [1.807, 2.05) is 30.3 Å². The third-order valence-electron chi connectivity index (χ3n) is 2.46. The van der Waals surface area contributed by atoms with Crippen LogP contribution in [-0.2, 0) is 11.3 Å². The van der Waals surface area contributed by atoms with Crippen LogP contribution in [-0.4, -0.2) is 29.5 Å². The van der Waals surface area contributed by atoms with E-state index in [-0.39, 0.29) is 24.3 Å². The summed E-state index contributed by atoms with van der Waals surface area (Å²) in [6.45, 7) is 2.31. The van der Waals surface area contributed by atoms with E-state index in [0.717, 1.165) is 5.56 Å². The molecule has 5 N–H and O–H groups in total. The van der Waals surface area contributed by atoms with Gasteiger partial charge in [0.25, 0.3) is 0 Å². The van der Waals surface area contributed by atoms with Crippen LogP contribution in [0, 0.1) is 0 Å². The van der Waals surface area contributed by atoms with Crippen molar-refractivity contribution in [3.63, 3.8) is 0 Å². The van der Waals surface area contributed by atoms with Gasteiger partial charge in [0, 0.05) is 6.54 Å². The van der Waals surface area contributed by atoms with E-state index >= 15 is 0 Å². The monoisotopic (exact) mass is 250 g/mol. The maximum atomic E-state index is 11.5. The van der Waals surface area contributed by atoms with E-state index in [2.05, 4.69) is 15.8 Å². The lowest BCUT2D eigenvalue weighted by atomic mass is 10.2. The first-order valence-electron chi connectivity index (χ1n) is 5.65. The van der Waals surface area contributed by atoms with Crippen molar-refractivity contribution in [2.45, 2.75) is 19.5 Å². The standard InChI is InChI=1S/C12H18N4O2/c1-9(12(13)16-18)14-8-11(17)15-7-10-5-3-2-4-6-10/h2-6,9,14,18H,7-8H2,1H3,(H2,13,16)(H,15,17). The van der Waals surface area contributed by atoms with Gasteiger partial charge in [0.1, 0.15) is 0 Å². The van der Waals surface area contributed by atoms with Gasteiger partial charge in [-0.3, -0.25) is 10.1 Å². The Kier molecular flexibility index (Phi) is 5.66. The maximum absolute atomic E-state index is 11.5.